The first-order chi connectivity index (χ1) is 9.72. The van der Waals surface area contributed by atoms with E-state index in [1.54, 1.807) is 6.20 Å². The fourth-order valence-corrected chi connectivity index (χ4v) is 2.56. The first-order valence-electron chi connectivity index (χ1n) is 7.18. The Bertz CT molecular complexity index is 499. The van der Waals surface area contributed by atoms with Crippen LogP contribution in [-0.2, 0) is 16.1 Å². The molecular formula is C15H19N3O2. The van der Waals surface area contributed by atoms with Crippen LogP contribution in [0, 0.1) is 11.8 Å². The van der Waals surface area contributed by atoms with Crippen molar-refractivity contribution in [2.24, 2.45) is 11.8 Å². The standard InChI is InChI=1S/C15H19N3O2/c19-14-7-12(10-18(14)9-11-4-5-11)15(20)17-8-13-3-1-2-6-16-13/h1-3,6,11-12H,4-5,7-10H2,(H,17,20)/t12-/m1/s1. The van der Waals surface area contributed by atoms with E-state index < -0.39 is 0 Å². The molecule has 2 fully saturated rings. The molecule has 0 spiro atoms. The summed E-state index contributed by atoms with van der Waals surface area (Å²) in [6.07, 6.45) is 4.50. The van der Waals surface area contributed by atoms with Gasteiger partial charge in [0.05, 0.1) is 18.2 Å². The molecule has 1 saturated carbocycles. The molecule has 0 radical (unpaired) electrons. The molecule has 0 bridgehead atoms. The number of carbonyl (C=O) groups excluding carboxylic acids is 2. The number of likely N-dealkylation sites (tertiary alicyclic amines) is 1. The zero-order valence-corrected chi connectivity index (χ0v) is 11.4. The molecule has 106 valence electrons. The molecule has 2 amide bonds. The van der Waals surface area contributed by atoms with Gasteiger partial charge in [-0.2, -0.15) is 0 Å². The molecule has 0 unspecified atom stereocenters. The van der Waals surface area contributed by atoms with Crippen LogP contribution in [0.4, 0.5) is 0 Å². The second-order valence-corrected chi connectivity index (χ2v) is 5.68. The highest BCUT2D eigenvalue weighted by Gasteiger charge is 2.36. The van der Waals surface area contributed by atoms with Crippen LogP contribution in [0.3, 0.4) is 0 Å². The molecular weight excluding hydrogens is 254 g/mol. The predicted octanol–water partition coefficient (Wildman–Crippen LogP) is 0.956. The van der Waals surface area contributed by atoms with Gasteiger partial charge in [-0.1, -0.05) is 6.07 Å². The van der Waals surface area contributed by atoms with Gasteiger partial charge in [0, 0.05) is 25.7 Å². The lowest BCUT2D eigenvalue weighted by molar-refractivity contribution is -0.129. The Balaban J connectivity index is 1.49. The van der Waals surface area contributed by atoms with Crippen LogP contribution in [0.15, 0.2) is 24.4 Å². The van der Waals surface area contributed by atoms with Gasteiger partial charge < -0.3 is 10.2 Å². The Morgan fingerprint density at radius 3 is 2.95 bits per heavy atom. The monoisotopic (exact) mass is 273 g/mol. The van der Waals surface area contributed by atoms with Crippen molar-refractivity contribution in [2.75, 3.05) is 13.1 Å². The third kappa shape index (κ3) is 3.15. The van der Waals surface area contributed by atoms with Gasteiger partial charge in [-0.3, -0.25) is 14.6 Å². The molecule has 1 atom stereocenters. The summed E-state index contributed by atoms with van der Waals surface area (Å²) in [7, 11) is 0. The lowest BCUT2D eigenvalue weighted by atomic mass is 10.1. The van der Waals surface area contributed by atoms with Crippen molar-refractivity contribution in [3.63, 3.8) is 0 Å². The van der Waals surface area contributed by atoms with E-state index in [-0.39, 0.29) is 17.7 Å². The molecule has 5 nitrogen and oxygen atoms in total. The average Bonchev–Trinajstić information content (AvgIpc) is 3.21. The van der Waals surface area contributed by atoms with Crippen molar-refractivity contribution in [3.05, 3.63) is 30.1 Å². The van der Waals surface area contributed by atoms with Crippen LogP contribution in [0.1, 0.15) is 25.0 Å². The van der Waals surface area contributed by atoms with Crippen molar-refractivity contribution >= 4 is 11.8 Å². The molecule has 1 aliphatic heterocycles. The minimum absolute atomic E-state index is 0.0395. The number of hydrogen-bond donors (Lipinski definition) is 1. The summed E-state index contributed by atoms with van der Waals surface area (Å²) in [6.45, 7) is 1.83. The first-order valence-corrected chi connectivity index (χ1v) is 7.18. The highest BCUT2D eigenvalue weighted by molar-refractivity contribution is 5.89. The van der Waals surface area contributed by atoms with Gasteiger partial charge >= 0.3 is 0 Å². The number of aromatic nitrogens is 1. The van der Waals surface area contributed by atoms with E-state index in [9.17, 15) is 9.59 Å². The summed E-state index contributed by atoms with van der Waals surface area (Å²) in [5.41, 5.74) is 0.833. The number of rotatable bonds is 5. The second kappa shape index (κ2) is 5.61. The number of hydrogen-bond acceptors (Lipinski definition) is 3. The van der Waals surface area contributed by atoms with Crippen molar-refractivity contribution in [3.8, 4) is 0 Å². The number of nitrogens with zero attached hydrogens (tertiary/aromatic N) is 2. The summed E-state index contributed by atoms with van der Waals surface area (Å²) in [5, 5.41) is 2.87. The van der Waals surface area contributed by atoms with Crippen molar-refractivity contribution < 1.29 is 9.59 Å². The summed E-state index contributed by atoms with van der Waals surface area (Å²) < 4.78 is 0. The predicted molar refractivity (Wildman–Crippen MR) is 73.5 cm³/mol. The van der Waals surface area contributed by atoms with Crippen molar-refractivity contribution in [1.29, 1.82) is 0 Å². The Hall–Kier alpha value is -1.91. The minimum atomic E-state index is -0.204. The average molecular weight is 273 g/mol. The molecule has 0 aromatic carbocycles. The SMILES string of the molecule is O=C(NCc1ccccn1)[C@@H]1CC(=O)N(CC2CC2)C1. The van der Waals surface area contributed by atoms with Gasteiger partial charge in [0.15, 0.2) is 0 Å². The zero-order valence-electron chi connectivity index (χ0n) is 11.4. The smallest absolute Gasteiger partial charge is 0.225 e. The summed E-state index contributed by atoms with van der Waals surface area (Å²) >= 11 is 0. The van der Waals surface area contributed by atoms with Crippen LogP contribution in [0.2, 0.25) is 0 Å². The van der Waals surface area contributed by atoms with E-state index in [2.05, 4.69) is 10.3 Å². The molecule has 20 heavy (non-hydrogen) atoms. The van der Waals surface area contributed by atoms with Crippen LogP contribution in [0.5, 0.6) is 0 Å². The van der Waals surface area contributed by atoms with E-state index >= 15 is 0 Å². The number of pyridine rings is 1. The molecule has 1 N–H and O–H groups in total. The molecule has 3 rings (SSSR count). The molecule has 5 heteroatoms. The number of carbonyl (C=O) groups is 2. The summed E-state index contributed by atoms with van der Waals surface area (Å²) in [6, 6.07) is 5.61. The normalized spacial score (nSPS) is 22.1. The number of nitrogens with one attached hydrogen (secondary N) is 1. The third-order valence-corrected chi connectivity index (χ3v) is 3.93. The van der Waals surface area contributed by atoms with Crippen molar-refractivity contribution in [1.82, 2.24) is 15.2 Å². The van der Waals surface area contributed by atoms with Gasteiger partial charge in [-0.15, -0.1) is 0 Å². The maximum Gasteiger partial charge on any atom is 0.225 e. The Kier molecular flexibility index (Phi) is 3.67. The highest BCUT2D eigenvalue weighted by Crippen LogP contribution is 2.31. The van der Waals surface area contributed by atoms with E-state index in [0.717, 1.165) is 12.2 Å². The Morgan fingerprint density at radius 2 is 2.25 bits per heavy atom. The fourth-order valence-electron chi connectivity index (χ4n) is 2.56. The van der Waals surface area contributed by atoms with E-state index in [0.29, 0.717) is 25.4 Å². The molecule has 1 aromatic heterocycles. The van der Waals surface area contributed by atoms with Gasteiger partial charge in [-0.25, -0.2) is 0 Å². The van der Waals surface area contributed by atoms with Crippen molar-refractivity contribution in [2.45, 2.75) is 25.8 Å². The summed E-state index contributed by atoms with van der Waals surface area (Å²) in [4.78, 5) is 30.0. The highest BCUT2D eigenvalue weighted by atomic mass is 16.2. The van der Waals surface area contributed by atoms with Crippen LogP contribution < -0.4 is 5.32 Å². The first kappa shape index (κ1) is 13.1. The quantitative estimate of drug-likeness (QED) is 0.869. The number of amides is 2. The molecule has 1 aromatic rings. The maximum atomic E-state index is 12.1. The fraction of sp³-hybridized carbons (Fsp3) is 0.533. The lowest BCUT2D eigenvalue weighted by Crippen LogP contribution is -2.33. The van der Waals surface area contributed by atoms with E-state index in [1.807, 2.05) is 23.1 Å². The summed E-state index contributed by atoms with van der Waals surface area (Å²) in [5.74, 6) is 0.552. The largest absolute Gasteiger partial charge is 0.350 e. The van der Waals surface area contributed by atoms with Gasteiger partial charge in [-0.05, 0) is 30.9 Å². The third-order valence-electron chi connectivity index (χ3n) is 3.93. The lowest BCUT2D eigenvalue weighted by Gasteiger charge is -2.15. The second-order valence-electron chi connectivity index (χ2n) is 5.68. The molecule has 2 aliphatic rings. The molecule has 2 heterocycles. The Morgan fingerprint density at radius 1 is 1.40 bits per heavy atom. The van der Waals surface area contributed by atoms with Crippen LogP contribution in [-0.4, -0.2) is 34.8 Å². The van der Waals surface area contributed by atoms with Crippen LogP contribution >= 0.6 is 0 Å². The van der Waals surface area contributed by atoms with Gasteiger partial charge in [0.2, 0.25) is 11.8 Å². The van der Waals surface area contributed by atoms with E-state index in [1.165, 1.54) is 12.8 Å². The molecule has 1 saturated heterocycles. The van der Waals surface area contributed by atoms with Gasteiger partial charge in [0.25, 0.3) is 0 Å². The maximum absolute atomic E-state index is 12.1. The van der Waals surface area contributed by atoms with Crippen LogP contribution in [0.25, 0.3) is 0 Å². The topological polar surface area (TPSA) is 62.3 Å². The van der Waals surface area contributed by atoms with Gasteiger partial charge in [0.1, 0.15) is 0 Å². The zero-order chi connectivity index (χ0) is 13.9. The molecule has 1 aliphatic carbocycles. The Labute approximate surface area is 118 Å². The van der Waals surface area contributed by atoms with E-state index in [4.69, 9.17) is 0 Å². The minimum Gasteiger partial charge on any atom is -0.350 e.